The van der Waals surface area contributed by atoms with E-state index in [4.69, 9.17) is 9.84 Å². The maximum Gasteiger partial charge on any atom is 0.0946 e. The molecule has 0 aromatic heterocycles. The Labute approximate surface area is 62.5 Å². The topological polar surface area (TPSA) is 29.5 Å². The van der Waals surface area contributed by atoms with Gasteiger partial charge in [0.25, 0.3) is 0 Å². The Morgan fingerprint density at radius 1 is 1.60 bits per heavy atom. The molecule has 0 rings (SSSR count). The largest absolute Gasteiger partial charge is 0.500 e. The van der Waals surface area contributed by atoms with Crippen LogP contribution in [0.3, 0.4) is 0 Å². The van der Waals surface area contributed by atoms with Gasteiger partial charge in [-0.2, -0.15) is 0 Å². The maximum atomic E-state index is 8.78. The summed E-state index contributed by atoms with van der Waals surface area (Å²) < 4.78 is 5.04. The zero-order valence-corrected chi connectivity index (χ0v) is 6.85. The van der Waals surface area contributed by atoms with E-state index >= 15 is 0 Å². The summed E-state index contributed by atoms with van der Waals surface area (Å²) in [6, 6.07) is 0. The predicted molar refractivity (Wildman–Crippen MR) is 40.3 cm³/mol. The zero-order chi connectivity index (χ0) is 8.04. The summed E-state index contributed by atoms with van der Waals surface area (Å²) in [6.45, 7) is 6.33. The predicted octanol–water partition coefficient (Wildman–Crippen LogP) is 1.36. The van der Waals surface area contributed by atoms with Gasteiger partial charge >= 0.3 is 0 Å². The van der Waals surface area contributed by atoms with Crippen molar-refractivity contribution in [2.75, 3.05) is 13.2 Å². The molecule has 0 aromatic rings. The molecule has 0 aliphatic carbocycles. The molecule has 1 radical (unpaired) electrons. The molecule has 10 heavy (non-hydrogen) atoms. The van der Waals surface area contributed by atoms with Crippen LogP contribution in [0.25, 0.3) is 0 Å². The lowest BCUT2D eigenvalue weighted by atomic mass is 9.97. The van der Waals surface area contributed by atoms with E-state index in [2.05, 4.69) is 6.08 Å². The second-order valence-electron chi connectivity index (χ2n) is 3.04. The van der Waals surface area contributed by atoms with Crippen molar-refractivity contribution in [3.8, 4) is 0 Å². The van der Waals surface area contributed by atoms with Gasteiger partial charge in [-0.05, 0) is 13.0 Å². The van der Waals surface area contributed by atoms with E-state index < -0.39 is 0 Å². The second kappa shape index (κ2) is 4.34. The van der Waals surface area contributed by atoms with Crippen LogP contribution in [0.5, 0.6) is 0 Å². The van der Waals surface area contributed by atoms with Crippen LogP contribution in [0.2, 0.25) is 0 Å². The van der Waals surface area contributed by atoms with E-state index in [1.54, 1.807) is 6.92 Å². The van der Waals surface area contributed by atoms with Crippen molar-refractivity contribution in [2.24, 2.45) is 5.41 Å². The van der Waals surface area contributed by atoms with Crippen molar-refractivity contribution in [3.63, 3.8) is 0 Å². The molecule has 0 heterocycles. The Balaban J connectivity index is 3.46. The monoisotopic (exact) mass is 143 g/mol. The molecule has 2 heteroatoms. The van der Waals surface area contributed by atoms with E-state index in [1.165, 1.54) is 6.26 Å². The minimum absolute atomic E-state index is 0.143. The molecule has 1 N–H and O–H groups in total. The van der Waals surface area contributed by atoms with Crippen molar-refractivity contribution < 1.29 is 9.84 Å². The van der Waals surface area contributed by atoms with E-state index in [0.717, 1.165) is 0 Å². The lowest BCUT2D eigenvalue weighted by Gasteiger charge is -2.19. The highest BCUT2D eigenvalue weighted by molar-refractivity contribution is 4.67. The molecule has 2 nitrogen and oxygen atoms in total. The highest BCUT2D eigenvalue weighted by atomic mass is 16.5. The summed E-state index contributed by atoms with van der Waals surface area (Å²) >= 11 is 0. The molecule has 0 unspecified atom stereocenters. The van der Waals surface area contributed by atoms with Crippen molar-refractivity contribution in [3.05, 3.63) is 12.3 Å². The number of hydrogen-bond donors (Lipinski definition) is 1. The molecule has 0 amide bonds. The number of ether oxygens (including phenoxy) is 1. The smallest absolute Gasteiger partial charge is 0.0946 e. The zero-order valence-electron chi connectivity index (χ0n) is 6.85. The molecular weight excluding hydrogens is 128 g/mol. The van der Waals surface area contributed by atoms with E-state index in [-0.39, 0.29) is 12.0 Å². The van der Waals surface area contributed by atoms with Crippen LogP contribution >= 0.6 is 0 Å². The number of allylic oxidation sites excluding steroid dienone is 1. The third kappa shape index (κ3) is 4.39. The molecule has 0 aliphatic heterocycles. The van der Waals surface area contributed by atoms with E-state index in [1.807, 2.05) is 13.8 Å². The highest BCUT2D eigenvalue weighted by Crippen LogP contribution is 2.13. The molecule has 0 aromatic carbocycles. The number of rotatable bonds is 4. The number of aliphatic hydroxyl groups is 1. The Kier molecular flexibility index (Phi) is 4.12. The van der Waals surface area contributed by atoms with Crippen LogP contribution in [0.1, 0.15) is 20.8 Å². The lowest BCUT2D eigenvalue weighted by molar-refractivity contribution is 0.0744. The normalized spacial score (nSPS) is 12.4. The van der Waals surface area contributed by atoms with Crippen molar-refractivity contribution in [1.29, 1.82) is 0 Å². The fourth-order valence-corrected chi connectivity index (χ4v) is 0.396. The van der Waals surface area contributed by atoms with Crippen LogP contribution in [0.4, 0.5) is 0 Å². The molecular formula is C8H15O2. The van der Waals surface area contributed by atoms with Gasteiger partial charge in [0, 0.05) is 5.41 Å². The summed E-state index contributed by atoms with van der Waals surface area (Å²) in [6.07, 6.45) is 4.25. The van der Waals surface area contributed by atoms with Crippen LogP contribution < -0.4 is 0 Å². The quantitative estimate of drug-likeness (QED) is 0.602. The average molecular weight is 143 g/mol. The van der Waals surface area contributed by atoms with Crippen molar-refractivity contribution in [2.45, 2.75) is 20.8 Å². The first-order chi connectivity index (χ1) is 4.62. The maximum absolute atomic E-state index is 8.78. The molecule has 0 fully saturated rings. The third-order valence-corrected chi connectivity index (χ3v) is 1.10. The molecule has 59 valence electrons. The van der Waals surface area contributed by atoms with E-state index in [0.29, 0.717) is 6.61 Å². The summed E-state index contributed by atoms with van der Waals surface area (Å²) in [5.74, 6) is 0. The standard InChI is InChI=1S/C8H15O2/c1-4-5-10-7-8(2,3)6-9/h5,9H,6-7H2,1-3H3. The Hall–Kier alpha value is -0.500. The molecule has 0 aliphatic rings. The molecule has 0 spiro atoms. The Morgan fingerprint density at radius 3 is 2.60 bits per heavy atom. The fourth-order valence-electron chi connectivity index (χ4n) is 0.396. The van der Waals surface area contributed by atoms with Gasteiger partial charge in [0.15, 0.2) is 0 Å². The lowest BCUT2D eigenvalue weighted by Crippen LogP contribution is -2.22. The van der Waals surface area contributed by atoms with Gasteiger partial charge in [0.1, 0.15) is 0 Å². The number of aliphatic hydroxyl groups excluding tert-OH is 1. The minimum atomic E-state index is -0.145. The summed E-state index contributed by atoms with van der Waals surface area (Å²) in [5.41, 5.74) is -0.145. The summed E-state index contributed by atoms with van der Waals surface area (Å²) in [7, 11) is 0. The fraction of sp³-hybridized carbons (Fsp3) is 0.750. The van der Waals surface area contributed by atoms with Gasteiger partial charge < -0.3 is 9.84 Å². The van der Waals surface area contributed by atoms with Crippen molar-refractivity contribution in [1.82, 2.24) is 0 Å². The SMILES string of the molecule is C[C]=COCC(C)(C)CO. The van der Waals surface area contributed by atoms with Crippen LogP contribution in [-0.4, -0.2) is 18.3 Å². The second-order valence-corrected chi connectivity index (χ2v) is 3.04. The van der Waals surface area contributed by atoms with Gasteiger partial charge in [-0.3, -0.25) is 0 Å². The first-order valence-corrected chi connectivity index (χ1v) is 3.34. The van der Waals surface area contributed by atoms with Gasteiger partial charge in [0.2, 0.25) is 0 Å². The summed E-state index contributed by atoms with van der Waals surface area (Å²) in [4.78, 5) is 0. The molecule has 0 saturated heterocycles. The molecule has 0 bridgehead atoms. The van der Waals surface area contributed by atoms with Gasteiger partial charge in [-0.15, -0.1) is 0 Å². The van der Waals surface area contributed by atoms with Crippen LogP contribution in [0, 0.1) is 11.5 Å². The highest BCUT2D eigenvalue weighted by Gasteiger charge is 2.15. The number of hydrogen-bond acceptors (Lipinski definition) is 2. The van der Waals surface area contributed by atoms with Crippen LogP contribution in [-0.2, 0) is 4.74 Å². The Bertz CT molecular complexity index is 106. The molecule has 0 saturated carbocycles. The first kappa shape index (κ1) is 9.50. The van der Waals surface area contributed by atoms with Gasteiger partial charge in [-0.25, -0.2) is 0 Å². The van der Waals surface area contributed by atoms with E-state index in [9.17, 15) is 0 Å². The minimum Gasteiger partial charge on any atom is -0.500 e. The van der Waals surface area contributed by atoms with Gasteiger partial charge in [0.05, 0.1) is 19.5 Å². The molecule has 0 atom stereocenters. The average Bonchev–Trinajstić information content (AvgIpc) is 1.89. The van der Waals surface area contributed by atoms with Gasteiger partial charge in [-0.1, -0.05) is 13.8 Å². The van der Waals surface area contributed by atoms with Crippen molar-refractivity contribution >= 4 is 0 Å². The first-order valence-electron chi connectivity index (χ1n) is 3.34. The summed E-state index contributed by atoms with van der Waals surface area (Å²) in [5, 5.41) is 8.78. The third-order valence-electron chi connectivity index (χ3n) is 1.10. The Morgan fingerprint density at radius 2 is 2.20 bits per heavy atom. The van der Waals surface area contributed by atoms with Crippen LogP contribution in [0.15, 0.2) is 6.26 Å².